The first-order valence-electron chi connectivity index (χ1n) is 7.01. The van der Waals surface area contributed by atoms with Gasteiger partial charge in [0.15, 0.2) is 0 Å². The SMILES string of the molecule is CCN(CC)C(=O)CCC(=O)NCC1CNCC1O.Cl. The predicted molar refractivity (Wildman–Crippen MR) is 79.8 cm³/mol. The summed E-state index contributed by atoms with van der Waals surface area (Å²) in [6.07, 6.45) is 0.0718. The molecule has 1 fully saturated rings. The van der Waals surface area contributed by atoms with E-state index in [1.807, 2.05) is 13.8 Å². The number of β-amino-alcohol motifs (C(OH)–C–C–N with tert-alkyl or cyclic N) is 1. The van der Waals surface area contributed by atoms with Gasteiger partial charge in [-0.2, -0.15) is 0 Å². The maximum absolute atomic E-state index is 11.7. The molecule has 2 amide bonds. The summed E-state index contributed by atoms with van der Waals surface area (Å²) in [6, 6.07) is 0. The Hall–Kier alpha value is -0.850. The second-order valence-electron chi connectivity index (χ2n) is 4.86. The molecule has 1 rings (SSSR count). The number of carbonyl (C=O) groups excluding carboxylic acids is 2. The van der Waals surface area contributed by atoms with Crippen molar-refractivity contribution in [3.05, 3.63) is 0 Å². The molecule has 0 bridgehead atoms. The van der Waals surface area contributed by atoms with Gasteiger partial charge in [-0.05, 0) is 13.8 Å². The average Bonchev–Trinajstić information content (AvgIpc) is 2.81. The van der Waals surface area contributed by atoms with Crippen LogP contribution in [0.15, 0.2) is 0 Å². The van der Waals surface area contributed by atoms with E-state index in [0.29, 0.717) is 26.2 Å². The molecule has 0 aliphatic carbocycles. The standard InChI is InChI=1S/C13H25N3O3.ClH/c1-3-16(4-2)13(19)6-5-12(18)15-8-10-7-14-9-11(10)17;/h10-11,14,17H,3-9H2,1-2H3,(H,15,18);1H. The molecule has 7 heteroatoms. The molecule has 0 saturated carbocycles. The van der Waals surface area contributed by atoms with Crippen LogP contribution in [0.1, 0.15) is 26.7 Å². The zero-order valence-corrected chi connectivity index (χ0v) is 13.0. The highest BCUT2D eigenvalue weighted by atomic mass is 35.5. The van der Waals surface area contributed by atoms with Crippen molar-refractivity contribution in [3.8, 4) is 0 Å². The van der Waals surface area contributed by atoms with Crippen molar-refractivity contribution in [2.75, 3.05) is 32.7 Å². The topological polar surface area (TPSA) is 81.7 Å². The van der Waals surface area contributed by atoms with E-state index in [0.717, 1.165) is 6.54 Å². The second kappa shape index (κ2) is 9.96. The molecule has 20 heavy (non-hydrogen) atoms. The van der Waals surface area contributed by atoms with E-state index >= 15 is 0 Å². The molecule has 3 N–H and O–H groups in total. The van der Waals surface area contributed by atoms with Crippen LogP contribution in [0.3, 0.4) is 0 Å². The fourth-order valence-electron chi connectivity index (χ4n) is 2.22. The van der Waals surface area contributed by atoms with Crippen LogP contribution in [0.5, 0.6) is 0 Å². The predicted octanol–water partition coefficient (Wildman–Crippen LogP) is -0.247. The fraction of sp³-hybridized carbons (Fsp3) is 0.846. The molecule has 1 aliphatic heterocycles. The first kappa shape index (κ1) is 19.1. The Morgan fingerprint density at radius 1 is 1.25 bits per heavy atom. The van der Waals surface area contributed by atoms with E-state index in [9.17, 15) is 14.7 Å². The van der Waals surface area contributed by atoms with Crippen LogP contribution in [0, 0.1) is 5.92 Å². The third-order valence-electron chi connectivity index (χ3n) is 3.55. The van der Waals surface area contributed by atoms with Gasteiger partial charge in [-0.1, -0.05) is 0 Å². The van der Waals surface area contributed by atoms with Crippen LogP contribution in [-0.4, -0.2) is 60.6 Å². The van der Waals surface area contributed by atoms with Crippen molar-refractivity contribution in [1.82, 2.24) is 15.5 Å². The molecule has 6 nitrogen and oxygen atoms in total. The van der Waals surface area contributed by atoms with E-state index in [-0.39, 0.29) is 43.0 Å². The van der Waals surface area contributed by atoms with E-state index in [1.54, 1.807) is 4.90 Å². The Kier molecular flexibility index (Phi) is 9.54. The van der Waals surface area contributed by atoms with Crippen molar-refractivity contribution in [1.29, 1.82) is 0 Å². The minimum Gasteiger partial charge on any atom is -0.391 e. The van der Waals surface area contributed by atoms with E-state index in [1.165, 1.54) is 0 Å². The molecule has 2 atom stereocenters. The number of rotatable bonds is 7. The highest BCUT2D eigenvalue weighted by Gasteiger charge is 2.25. The third kappa shape index (κ3) is 6.07. The minimum atomic E-state index is -0.391. The van der Waals surface area contributed by atoms with E-state index < -0.39 is 6.10 Å². The number of hydrogen-bond acceptors (Lipinski definition) is 4. The highest BCUT2D eigenvalue weighted by Crippen LogP contribution is 2.07. The van der Waals surface area contributed by atoms with Crippen LogP contribution in [0.25, 0.3) is 0 Å². The van der Waals surface area contributed by atoms with Crippen molar-refractivity contribution < 1.29 is 14.7 Å². The summed E-state index contributed by atoms with van der Waals surface area (Å²) < 4.78 is 0. The van der Waals surface area contributed by atoms with Crippen molar-refractivity contribution in [3.63, 3.8) is 0 Å². The number of aliphatic hydroxyl groups excluding tert-OH is 1. The Balaban J connectivity index is 0.00000361. The molecule has 118 valence electrons. The lowest BCUT2D eigenvalue weighted by Gasteiger charge is -2.18. The Morgan fingerprint density at radius 2 is 1.90 bits per heavy atom. The maximum Gasteiger partial charge on any atom is 0.223 e. The molecular weight excluding hydrogens is 282 g/mol. The Morgan fingerprint density at radius 3 is 2.40 bits per heavy atom. The molecule has 0 radical (unpaired) electrons. The van der Waals surface area contributed by atoms with Gasteiger partial charge in [0.1, 0.15) is 0 Å². The molecule has 0 aromatic carbocycles. The maximum atomic E-state index is 11.7. The number of nitrogens with zero attached hydrogens (tertiary/aromatic N) is 1. The molecule has 0 aromatic rings. The summed E-state index contributed by atoms with van der Waals surface area (Å²) in [6.45, 7) is 6.98. The van der Waals surface area contributed by atoms with Gasteiger partial charge in [0.25, 0.3) is 0 Å². The largest absolute Gasteiger partial charge is 0.391 e. The van der Waals surface area contributed by atoms with E-state index in [2.05, 4.69) is 10.6 Å². The fourth-order valence-corrected chi connectivity index (χ4v) is 2.22. The van der Waals surface area contributed by atoms with Crippen LogP contribution >= 0.6 is 12.4 Å². The van der Waals surface area contributed by atoms with Gasteiger partial charge < -0.3 is 20.6 Å². The molecule has 1 saturated heterocycles. The summed E-state index contributed by atoms with van der Waals surface area (Å²) in [4.78, 5) is 25.1. The summed E-state index contributed by atoms with van der Waals surface area (Å²) in [5.74, 6) is -0.0373. The molecule has 0 aromatic heterocycles. The van der Waals surface area contributed by atoms with Crippen LogP contribution in [-0.2, 0) is 9.59 Å². The van der Waals surface area contributed by atoms with Gasteiger partial charge in [0.05, 0.1) is 6.10 Å². The summed E-state index contributed by atoms with van der Waals surface area (Å²) >= 11 is 0. The summed E-state index contributed by atoms with van der Waals surface area (Å²) in [5.41, 5.74) is 0. The lowest BCUT2D eigenvalue weighted by atomic mass is 10.1. The first-order chi connectivity index (χ1) is 9.08. The average molecular weight is 308 g/mol. The van der Waals surface area contributed by atoms with E-state index in [4.69, 9.17) is 0 Å². The van der Waals surface area contributed by atoms with Gasteiger partial charge >= 0.3 is 0 Å². The second-order valence-corrected chi connectivity index (χ2v) is 4.86. The molecule has 0 spiro atoms. The number of carbonyl (C=O) groups is 2. The van der Waals surface area contributed by atoms with Gasteiger partial charge in [-0.25, -0.2) is 0 Å². The number of nitrogens with one attached hydrogen (secondary N) is 2. The Bertz CT molecular complexity index is 311. The third-order valence-corrected chi connectivity index (χ3v) is 3.55. The number of hydrogen-bond donors (Lipinski definition) is 3. The zero-order chi connectivity index (χ0) is 14.3. The van der Waals surface area contributed by atoms with Crippen molar-refractivity contribution in [2.24, 2.45) is 5.92 Å². The smallest absolute Gasteiger partial charge is 0.223 e. The van der Waals surface area contributed by atoms with Gasteiger partial charge in [0, 0.05) is 51.5 Å². The van der Waals surface area contributed by atoms with Crippen LogP contribution in [0.4, 0.5) is 0 Å². The first-order valence-corrected chi connectivity index (χ1v) is 7.01. The van der Waals surface area contributed by atoms with Crippen molar-refractivity contribution >= 4 is 24.2 Å². The summed E-state index contributed by atoms with van der Waals surface area (Å²) in [7, 11) is 0. The molecule has 1 heterocycles. The number of amides is 2. The summed E-state index contributed by atoms with van der Waals surface area (Å²) in [5, 5.41) is 15.4. The normalized spacial score (nSPS) is 21.1. The van der Waals surface area contributed by atoms with Crippen molar-refractivity contribution in [2.45, 2.75) is 32.8 Å². The van der Waals surface area contributed by atoms with Gasteiger partial charge in [0.2, 0.25) is 11.8 Å². The number of halogens is 1. The Labute approximate surface area is 126 Å². The zero-order valence-electron chi connectivity index (χ0n) is 12.2. The molecule has 1 aliphatic rings. The van der Waals surface area contributed by atoms with Crippen LogP contribution < -0.4 is 10.6 Å². The number of aliphatic hydroxyl groups is 1. The lowest BCUT2D eigenvalue weighted by Crippen LogP contribution is -2.35. The monoisotopic (exact) mass is 307 g/mol. The molecular formula is C13H26ClN3O3. The quantitative estimate of drug-likeness (QED) is 0.606. The molecule has 2 unspecified atom stereocenters. The lowest BCUT2D eigenvalue weighted by molar-refractivity contribution is -0.133. The minimum absolute atomic E-state index is 0. The van der Waals surface area contributed by atoms with Crippen LogP contribution in [0.2, 0.25) is 0 Å². The highest BCUT2D eigenvalue weighted by molar-refractivity contribution is 5.85. The van der Waals surface area contributed by atoms with Gasteiger partial charge in [-0.15, -0.1) is 12.4 Å². The van der Waals surface area contributed by atoms with Gasteiger partial charge in [-0.3, -0.25) is 9.59 Å².